The Morgan fingerprint density at radius 3 is 1.10 bits per heavy atom. The van der Waals surface area contributed by atoms with Crippen molar-refractivity contribution in [2.45, 2.75) is 77.0 Å². The van der Waals surface area contributed by atoms with E-state index < -0.39 is 11.9 Å². The van der Waals surface area contributed by atoms with Crippen molar-refractivity contribution in [2.75, 3.05) is 26.4 Å². The quantitative estimate of drug-likeness (QED) is 0.0150. The van der Waals surface area contributed by atoms with Crippen molar-refractivity contribution in [3.05, 3.63) is 192 Å². The van der Waals surface area contributed by atoms with Crippen LogP contribution in [0.4, 0.5) is 0 Å². The molecule has 0 unspecified atom stereocenters. The molecule has 0 aromatic heterocycles. The van der Waals surface area contributed by atoms with Crippen LogP contribution in [0.5, 0.6) is 23.0 Å². The first-order valence-corrected chi connectivity index (χ1v) is 28.4. The summed E-state index contributed by atoms with van der Waals surface area (Å²) in [5.41, 5.74) is 11.2. The Kier molecular flexibility index (Phi) is 18.8. The highest BCUT2D eigenvalue weighted by Gasteiger charge is 2.36. The number of hydrogen-bond donors (Lipinski definition) is 0. The highest BCUT2D eigenvalue weighted by Crippen LogP contribution is 2.43. The Bertz CT molecular complexity index is 3130. The second kappa shape index (κ2) is 27.4. The molecule has 418 valence electrons. The van der Waals surface area contributed by atoms with Crippen LogP contribution < -0.4 is 18.9 Å². The maximum absolute atomic E-state index is 13.8. The third-order valence-electron chi connectivity index (χ3n) is 15.7. The van der Waals surface area contributed by atoms with Gasteiger partial charge in [-0.2, -0.15) is 10.2 Å². The van der Waals surface area contributed by atoms with E-state index in [1.54, 1.807) is 48.8 Å². The van der Waals surface area contributed by atoms with E-state index in [1.165, 1.54) is 0 Å². The van der Waals surface area contributed by atoms with Crippen molar-refractivity contribution in [1.82, 2.24) is 0 Å². The number of ether oxygens (including phenoxy) is 6. The summed E-state index contributed by atoms with van der Waals surface area (Å²) in [6, 6.07) is 43.1. The number of benzene rings is 6. The molecule has 14 heteroatoms. The molecule has 6 aromatic carbocycles. The minimum absolute atomic E-state index is 0.232. The van der Waals surface area contributed by atoms with Gasteiger partial charge < -0.3 is 28.4 Å². The average Bonchev–Trinajstić information content (AvgIpc) is 4.20. The lowest BCUT2D eigenvalue weighted by molar-refractivity contribution is -0.142. The highest BCUT2D eigenvalue weighted by atomic mass is 16.5. The van der Waals surface area contributed by atoms with Crippen molar-refractivity contribution in [3.8, 4) is 45.3 Å². The Morgan fingerprint density at radius 1 is 0.427 bits per heavy atom. The maximum atomic E-state index is 13.8. The zero-order valence-electron chi connectivity index (χ0n) is 45.9. The van der Waals surface area contributed by atoms with Crippen LogP contribution in [0.3, 0.4) is 0 Å². The first kappa shape index (κ1) is 56.2. The molecule has 0 spiro atoms. The molecule has 0 aliphatic heterocycles. The highest BCUT2D eigenvalue weighted by molar-refractivity contribution is 6.25. The number of fused-ring (bicyclic) bond motifs is 6. The second-order valence-corrected chi connectivity index (χ2v) is 20.9. The number of esters is 4. The van der Waals surface area contributed by atoms with Crippen molar-refractivity contribution in [3.63, 3.8) is 0 Å². The van der Waals surface area contributed by atoms with E-state index in [0.717, 1.165) is 119 Å². The monoisotopic (exact) mass is 1100 g/mol. The molecule has 4 aliphatic rings. The summed E-state index contributed by atoms with van der Waals surface area (Å²) in [4.78, 5) is 50.5. The lowest BCUT2D eigenvalue weighted by atomic mass is 9.69. The van der Waals surface area contributed by atoms with Gasteiger partial charge in [-0.25, -0.2) is 9.59 Å². The van der Waals surface area contributed by atoms with E-state index in [4.69, 9.17) is 38.6 Å². The fraction of sp³-hybridized carbons (Fsp3) is 0.294. The first-order valence-electron chi connectivity index (χ1n) is 28.4. The van der Waals surface area contributed by atoms with Gasteiger partial charge in [0.05, 0.1) is 50.7 Å². The van der Waals surface area contributed by atoms with E-state index in [1.807, 2.05) is 72.8 Å². The molecule has 0 saturated heterocycles. The number of hydrogen-bond acceptors (Lipinski definition) is 14. The Hall–Kier alpha value is -9.04. The summed E-state index contributed by atoms with van der Waals surface area (Å²) in [7, 11) is 0. The lowest BCUT2D eigenvalue weighted by Gasteiger charge is -2.36. The van der Waals surface area contributed by atoms with Crippen LogP contribution in [0, 0.1) is 23.7 Å². The van der Waals surface area contributed by atoms with E-state index in [-0.39, 0.29) is 37.0 Å². The number of unbranched alkanes of at least 4 members (excludes halogenated alkanes) is 2. The molecular formula is C68H66N4O10. The molecule has 0 heterocycles. The van der Waals surface area contributed by atoms with Gasteiger partial charge in [0.15, 0.2) is 0 Å². The molecule has 10 rings (SSSR count). The largest absolute Gasteiger partial charge is 0.493 e. The van der Waals surface area contributed by atoms with Crippen molar-refractivity contribution >= 4 is 47.7 Å². The zero-order valence-corrected chi connectivity index (χ0v) is 45.9. The predicted molar refractivity (Wildman–Crippen MR) is 317 cm³/mol. The molecule has 6 aromatic rings. The van der Waals surface area contributed by atoms with Gasteiger partial charge >= 0.3 is 23.9 Å². The van der Waals surface area contributed by atoms with Crippen LogP contribution in [-0.4, -0.2) is 74.2 Å². The maximum Gasteiger partial charge on any atom is 0.330 e. The van der Waals surface area contributed by atoms with Gasteiger partial charge in [-0.1, -0.05) is 110 Å². The standard InChI is InChI=1S/C68H66N4O10/c1-3-63(73)79-39-15-13-37-77-61-35-33-51(41-49(61)43-69-71-65-57-21-9-5-17-53(57)54-18-6-10-22-58(54)65)81-67(75)47-29-25-45(26-30-47)46-27-31-48(32-28-46)68(76)82-52-34-36-62(78-38-14-16-40-80-64(74)4-2)50(42-52)44-70-72-66-59-23-11-7-19-55(59)56-20-8-12-24-60(56)66/h3-12,17-24,33-36,41-48H,1-2,13-16,25-32,37-40H2/b69-43+,70-44+. The first-order chi connectivity index (χ1) is 40.2. The Labute approximate surface area is 478 Å². The van der Waals surface area contributed by atoms with Crippen molar-refractivity contribution in [2.24, 2.45) is 44.1 Å². The van der Waals surface area contributed by atoms with Crippen LogP contribution in [0.1, 0.15) is 110 Å². The molecule has 2 saturated carbocycles. The third kappa shape index (κ3) is 13.7. The van der Waals surface area contributed by atoms with E-state index >= 15 is 0 Å². The van der Waals surface area contributed by atoms with Crippen LogP contribution in [0.2, 0.25) is 0 Å². The van der Waals surface area contributed by atoms with E-state index in [2.05, 4.69) is 47.6 Å². The fourth-order valence-corrected chi connectivity index (χ4v) is 11.4. The van der Waals surface area contributed by atoms with Gasteiger partial charge in [-0.05, 0) is 148 Å². The smallest absolute Gasteiger partial charge is 0.330 e. The summed E-state index contributed by atoms with van der Waals surface area (Å²) in [6.45, 7) is 8.14. The lowest BCUT2D eigenvalue weighted by Crippen LogP contribution is -2.32. The normalized spacial score (nSPS) is 17.7. The fourth-order valence-electron chi connectivity index (χ4n) is 11.4. The van der Waals surface area contributed by atoms with Gasteiger partial charge in [0, 0.05) is 45.5 Å². The molecular weight excluding hydrogens is 1030 g/mol. The minimum Gasteiger partial charge on any atom is -0.493 e. The van der Waals surface area contributed by atoms with Gasteiger partial charge in [0.25, 0.3) is 0 Å². The average molecular weight is 1100 g/mol. The summed E-state index contributed by atoms with van der Waals surface area (Å²) < 4.78 is 34.7. The van der Waals surface area contributed by atoms with Crippen molar-refractivity contribution in [1.29, 1.82) is 0 Å². The van der Waals surface area contributed by atoms with E-state index in [9.17, 15) is 19.2 Å². The van der Waals surface area contributed by atoms with Crippen LogP contribution in [0.25, 0.3) is 22.3 Å². The molecule has 0 atom stereocenters. The summed E-state index contributed by atoms with van der Waals surface area (Å²) in [5, 5.41) is 18.5. The van der Waals surface area contributed by atoms with E-state index in [0.29, 0.717) is 84.9 Å². The number of carbonyl (C=O) groups excluding carboxylic acids is 4. The molecule has 0 radical (unpaired) electrons. The topological polar surface area (TPSA) is 173 Å². The van der Waals surface area contributed by atoms with Gasteiger partial charge in [0.1, 0.15) is 34.4 Å². The molecule has 0 bridgehead atoms. The zero-order chi connectivity index (χ0) is 56.6. The van der Waals surface area contributed by atoms with Crippen LogP contribution in [0.15, 0.2) is 179 Å². The molecule has 0 amide bonds. The van der Waals surface area contributed by atoms with Crippen LogP contribution in [-0.2, 0) is 28.7 Å². The molecule has 14 nitrogen and oxygen atoms in total. The number of carbonyl (C=O) groups is 4. The van der Waals surface area contributed by atoms with Gasteiger partial charge in [-0.3, -0.25) is 9.59 Å². The van der Waals surface area contributed by atoms with Crippen LogP contribution >= 0.6 is 0 Å². The molecule has 2 fully saturated rings. The molecule has 82 heavy (non-hydrogen) atoms. The number of rotatable bonds is 23. The summed E-state index contributed by atoms with van der Waals surface area (Å²) in [5.74, 6) is 0.911. The molecule has 4 aliphatic carbocycles. The molecule has 0 N–H and O–H groups in total. The predicted octanol–water partition coefficient (Wildman–Crippen LogP) is 13.3. The third-order valence-corrected chi connectivity index (χ3v) is 15.7. The van der Waals surface area contributed by atoms with Gasteiger partial charge in [-0.15, -0.1) is 10.2 Å². The summed E-state index contributed by atoms with van der Waals surface area (Å²) >= 11 is 0. The Morgan fingerprint density at radius 2 is 0.756 bits per heavy atom. The summed E-state index contributed by atoms with van der Waals surface area (Å²) in [6.07, 6.45) is 14.6. The number of nitrogens with zero attached hydrogens (tertiary/aromatic N) is 4. The van der Waals surface area contributed by atoms with Crippen molar-refractivity contribution < 1.29 is 47.6 Å². The Balaban J connectivity index is 0.733. The van der Waals surface area contributed by atoms with Gasteiger partial charge in [0.2, 0.25) is 0 Å². The minimum atomic E-state index is -0.460. The SMILES string of the molecule is C=CC(=O)OCCCCOc1ccc(OC(=O)C2CCC(C3CCC(C(=O)Oc4ccc(OCCCCOC(=O)C=C)c(/C=N/N=C5c6ccccc6-c6ccccc65)c4)CC3)CC2)cc1/C=N/N=C1c2ccccc2-c2ccccc21. The second-order valence-electron chi connectivity index (χ2n) is 20.9.